The summed E-state index contributed by atoms with van der Waals surface area (Å²) in [6.45, 7) is 0. The molecule has 0 saturated carbocycles. The van der Waals surface area contributed by atoms with E-state index >= 15 is 0 Å². The summed E-state index contributed by atoms with van der Waals surface area (Å²) in [5, 5.41) is 0. The van der Waals surface area contributed by atoms with E-state index in [4.69, 9.17) is 17.5 Å². The molecule has 0 aliphatic rings. The second-order valence-electron chi connectivity index (χ2n) is 0.448. The third-order valence-electron chi connectivity index (χ3n) is 0. The largest absolute Gasteiger partial charge is 0 e. The first-order valence-corrected chi connectivity index (χ1v) is 2.10. The van der Waals surface area contributed by atoms with Gasteiger partial charge in [0, 0.05) is 19.5 Å². The van der Waals surface area contributed by atoms with Crippen LogP contribution in [-0.2, 0) is 29.9 Å². The Balaban J connectivity index is -0.00000000381. The molecule has 0 radical (unpaired) electrons. The van der Waals surface area contributed by atoms with Gasteiger partial charge in [-0.25, -0.2) is 0 Å². The van der Waals surface area contributed by atoms with Gasteiger partial charge in [-0.15, -0.1) is 0 Å². The molecule has 0 bridgehead atoms. The van der Waals surface area contributed by atoms with E-state index in [1.807, 2.05) is 0 Å². The maximum atomic E-state index is 8.74. The van der Waals surface area contributed by atoms with Gasteiger partial charge in [-0.3, -0.25) is 9.11 Å². The number of hydrogen-bond acceptors (Lipinski definition) is 2. The Hall–Kier alpha value is 1.29. The monoisotopic (exact) mass is 276 g/mol. The van der Waals surface area contributed by atoms with E-state index in [0.717, 1.165) is 0 Å². The Morgan fingerprint density at radius 3 is 0.750 bits per heavy atom. The molecule has 0 aromatic heterocycles. The van der Waals surface area contributed by atoms with Crippen molar-refractivity contribution in [1.29, 1.82) is 0 Å². The molecule has 12 N–H and O–H groups in total. The second-order valence-corrected chi connectivity index (χ2v) is 1.34. The van der Waals surface area contributed by atoms with Crippen LogP contribution in [0.1, 0.15) is 0 Å². The number of rotatable bonds is 0. The van der Waals surface area contributed by atoms with Gasteiger partial charge in [0.2, 0.25) is 0 Å². The van der Waals surface area contributed by atoms with Crippen LogP contribution < -0.4 is 0 Å². The predicted octanol–water partition coefficient (Wildman–Crippen LogP) is -5.43. The standard InChI is InChI=1S/Na.H2O4S.5H2O.Zn.H/c;1-5(2,3)4;;;;;;;/h;(H2,1,2,3,4);5*1H2;;. The van der Waals surface area contributed by atoms with Crippen LogP contribution in [0.4, 0.5) is 0 Å². The second kappa shape index (κ2) is 29.5. The van der Waals surface area contributed by atoms with Crippen molar-refractivity contribution in [2.24, 2.45) is 0 Å². The third-order valence-corrected chi connectivity index (χ3v) is 0. The van der Waals surface area contributed by atoms with Crippen LogP contribution in [-0.4, -0.2) is 74.5 Å². The SMILES string of the molecule is O.O.O.O.O.O=S(=O)(O)O.[NaH].[Zn]. The van der Waals surface area contributed by atoms with Crippen molar-refractivity contribution in [3.63, 3.8) is 0 Å². The molecular formula is H13NaO9SZn. The third kappa shape index (κ3) is 715. The van der Waals surface area contributed by atoms with Crippen LogP contribution in [0.2, 0.25) is 0 Å². The van der Waals surface area contributed by atoms with Gasteiger partial charge >= 0.3 is 40.0 Å². The molecule has 0 heterocycles. The topological polar surface area (TPSA) is 232 Å². The van der Waals surface area contributed by atoms with Gasteiger partial charge < -0.3 is 27.4 Å². The van der Waals surface area contributed by atoms with E-state index in [1.54, 1.807) is 0 Å². The van der Waals surface area contributed by atoms with Gasteiger partial charge in [-0.2, -0.15) is 8.42 Å². The van der Waals surface area contributed by atoms with Crippen LogP contribution in [0.5, 0.6) is 0 Å². The normalized spacial score (nSPS) is 4.83. The first-order valence-electron chi connectivity index (χ1n) is 0.698. The van der Waals surface area contributed by atoms with Crippen molar-refractivity contribution in [3.8, 4) is 0 Å². The van der Waals surface area contributed by atoms with E-state index in [2.05, 4.69) is 0 Å². The first kappa shape index (κ1) is 71.7. The summed E-state index contributed by atoms with van der Waals surface area (Å²) < 4.78 is 31.6. The Labute approximate surface area is 104 Å². The zero-order valence-electron chi connectivity index (χ0n) is 5.33. The van der Waals surface area contributed by atoms with E-state index < -0.39 is 10.4 Å². The van der Waals surface area contributed by atoms with Crippen LogP contribution >= 0.6 is 0 Å². The maximum absolute atomic E-state index is 8.74. The van der Waals surface area contributed by atoms with Gasteiger partial charge in [0.1, 0.15) is 0 Å². The van der Waals surface area contributed by atoms with Crippen molar-refractivity contribution in [1.82, 2.24) is 0 Å². The van der Waals surface area contributed by atoms with Gasteiger partial charge in [-0.05, 0) is 0 Å². The molecule has 76 valence electrons. The molecule has 0 aliphatic carbocycles. The summed E-state index contributed by atoms with van der Waals surface area (Å²) in [4.78, 5) is 0. The quantitative estimate of drug-likeness (QED) is 0.325. The Kier molecular flexibility index (Phi) is 176. The molecule has 0 aliphatic heterocycles. The van der Waals surface area contributed by atoms with Gasteiger partial charge in [0.15, 0.2) is 0 Å². The van der Waals surface area contributed by atoms with Gasteiger partial charge in [0.05, 0.1) is 0 Å². The van der Waals surface area contributed by atoms with Crippen LogP contribution in [0.25, 0.3) is 0 Å². The summed E-state index contributed by atoms with van der Waals surface area (Å²) in [7, 11) is -4.67. The van der Waals surface area contributed by atoms with Crippen molar-refractivity contribution in [3.05, 3.63) is 0 Å². The predicted molar refractivity (Wildman–Crippen MR) is 39.4 cm³/mol. The average molecular weight is 278 g/mol. The summed E-state index contributed by atoms with van der Waals surface area (Å²) in [5.74, 6) is 0. The van der Waals surface area contributed by atoms with Crippen LogP contribution in [0, 0.1) is 0 Å². The molecule has 0 aromatic rings. The molecule has 0 atom stereocenters. The minimum atomic E-state index is -4.67. The fourth-order valence-electron chi connectivity index (χ4n) is 0. The summed E-state index contributed by atoms with van der Waals surface area (Å²) in [6.07, 6.45) is 0. The molecular weight excluding hydrogens is 264 g/mol. The fourth-order valence-corrected chi connectivity index (χ4v) is 0. The Bertz CT molecular complexity index is 97.7. The molecule has 0 amide bonds. The minimum absolute atomic E-state index is 0. The van der Waals surface area contributed by atoms with Gasteiger partial charge in [-0.1, -0.05) is 0 Å². The molecule has 0 spiro atoms. The zero-order chi connectivity index (χ0) is 4.50. The van der Waals surface area contributed by atoms with Crippen molar-refractivity contribution >= 4 is 40.0 Å². The molecule has 0 saturated heterocycles. The van der Waals surface area contributed by atoms with E-state index in [-0.39, 0.29) is 76.4 Å². The molecule has 0 rings (SSSR count). The maximum Gasteiger partial charge on any atom is 0 e. The molecule has 0 unspecified atom stereocenters. The van der Waals surface area contributed by atoms with E-state index in [0.29, 0.717) is 0 Å². The number of hydrogen-bond donors (Lipinski definition) is 2. The minimum Gasteiger partial charge on any atom is 0 e. The fraction of sp³-hybridized carbons (Fsp3) is 0. The summed E-state index contributed by atoms with van der Waals surface area (Å²) >= 11 is 0. The van der Waals surface area contributed by atoms with E-state index in [1.165, 1.54) is 0 Å². The molecule has 0 fully saturated rings. The molecule has 9 nitrogen and oxygen atoms in total. The summed E-state index contributed by atoms with van der Waals surface area (Å²) in [6, 6.07) is 0. The van der Waals surface area contributed by atoms with Crippen LogP contribution in [0.3, 0.4) is 0 Å². The molecule has 12 heteroatoms. The van der Waals surface area contributed by atoms with Crippen molar-refractivity contribution in [2.45, 2.75) is 0 Å². The summed E-state index contributed by atoms with van der Waals surface area (Å²) in [5.41, 5.74) is 0. The van der Waals surface area contributed by atoms with Crippen LogP contribution in [0.15, 0.2) is 0 Å². The first-order chi connectivity index (χ1) is 2.00. The Morgan fingerprint density at radius 1 is 0.750 bits per heavy atom. The Morgan fingerprint density at radius 2 is 0.750 bits per heavy atom. The molecule has 0 aromatic carbocycles. The van der Waals surface area contributed by atoms with Gasteiger partial charge in [0.25, 0.3) is 0 Å². The smallest absolute Gasteiger partial charge is 0 e. The average Bonchev–Trinajstić information content (AvgIpc) is 0.722. The molecule has 12 heavy (non-hydrogen) atoms. The van der Waals surface area contributed by atoms with Crippen molar-refractivity contribution < 1.29 is 64.4 Å². The van der Waals surface area contributed by atoms with Crippen molar-refractivity contribution in [2.75, 3.05) is 0 Å². The van der Waals surface area contributed by atoms with E-state index in [9.17, 15) is 0 Å². The zero-order valence-corrected chi connectivity index (χ0v) is 9.11.